The molecule has 0 saturated heterocycles. The second kappa shape index (κ2) is 5.92. The Morgan fingerprint density at radius 3 is 2.53 bits per heavy atom. The second-order valence-corrected chi connectivity index (χ2v) is 4.85. The number of methoxy groups -OCH3 is 1. The van der Waals surface area contributed by atoms with E-state index in [0.717, 1.165) is 12.3 Å². The van der Waals surface area contributed by atoms with Crippen LogP contribution in [-0.4, -0.2) is 27.2 Å². The van der Waals surface area contributed by atoms with Crippen LogP contribution < -0.4 is 15.4 Å². The fraction of sp³-hybridized carbons (Fsp3) is 0.571. The first kappa shape index (κ1) is 13.8. The van der Waals surface area contributed by atoms with Crippen molar-refractivity contribution in [2.24, 2.45) is 11.7 Å². The van der Waals surface area contributed by atoms with Crippen molar-refractivity contribution in [3.8, 4) is 5.75 Å². The summed E-state index contributed by atoms with van der Waals surface area (Å²) in [6.45, 7) is 8.01. The van der Waals surface area contributed by atoms with Crippen LogP contribution in [0.25, 0.3) is 0 Å². The number of aryl methyl sites for hydroxylation is 2. The molecule has 0 radical (unpaired) electrons. The van der Waals surface area contributed by atoms with Crippen LogP contribution in [0.4, 0.5) is 5.69 Å². The number of nitrogens with zero attached hydrogens (tertiary/aromatic N) is 1. The topological polar surface area (TPSA) is 38.5 Å². The van der Waals surface area contributed by atoms with Crippen molar-refractivity contribution in [3.05, 3.63) is 23.3 Å². The number of anilines is 1. The van der Waals surface area contributed by atoms with E-state index in [1.807, 2.05) is 0 Å². The Labute approximate surface area is 105 Å². The molecule has 0 amide bonds. The van der Waals surface area contributed by atoms with Crippen LogP contribution in [0.2, 0.25) is 0 Å². The van der Waals surface area contributed by atoms with Gasteiger partial charge in [-0.05, 0) is 43.5 Å². The quantitative estimate of drug-likeness (QED) is 0.853. The van der Waals surface area contributed by atoms with Gasteiger partial charge in [0.25, 0.3) is 0 Å². The zero-order valence-corrected chi connectivity index (χ0v) is 11.6. The van der Waals surface area contributed by atoms with Crippen LogP contribution in [0.1, 0.15) is 18.1 Å². The normalized spacial score (nSPS) is 12.4. The highest BCUT2D eigenvalue weighted by atomic mass is 16.5. The predicted octanol–water partition coefficient (Wildman–Crippen LogP) is 2.34. The molecule has 1 aromatic rings. The van der Waals surface area contributed by atoms with Gasteiger partial charge in [-0.2, -0.15) is 0 Å². The molecule has 0 aliphatic rings. The summed E-state index contributed by atoms with van der Waals surface area (Å²) in [6.07, 6.45) is 0. The Balaban J connectivity index is 3.03. The maximum atomic E-state index is 5.67. The largest absolute Gasteiger partial charge is 0.495 e. The Bertz CT molecular complexity index is 377. The van der Waals surface area contributed by atoms with Gasteiger partial charge in [0.05, 0.1) is 12.8 Å². The molecule has 3 heteroatoms. The lowest BCUT2D eigenvalue weighted by atomic mass is 10.1. The van der Waals surface area contributed by atoms with E-state index in [0.29, 0.717) is 12.5 Å². The number of hydrogen-bond donors (Lipinski definition) is 1. The monoisotopic (exact) mass is 236 g/mol. The summed E-state index contributed by atoms with van der Waals surface area (Å²) in [5.74, 6) is 1.42. The van der Waals surface area contributed by atoms with E-state index >= 15 is 0 Å². The lowest BCUT2D eigenvalue weighted by molar-refractivity contribution is 0.413. The van der Waals surface area contributed by atoms with E-state index in [9.17, 15) is 0 Å². The first-order valence-corrected chi connectivity index (χ1v) is 6.06. The van der Waals surface area contributed by atoms with Crippen LogP contribution in [0, 0.1) is 19.8 Å². The molecule has 96 valence electrons. The third kappa shape index (κ3) is 3.37. The summed E-state index contributed by atoms with van der Waals surface area (Å²) >= 11 is 0. The highest BCUT2D eigenvalue weighted by Gasteiger charge is 2.14. The minimum absolute atomic E-state index is 0.477. The fourth-order valence-corrected chi connectivity index (χ4v) is 2.20. The van der Waals surface area contributed by atoms with Gasteiger partial charge in [0, 0.05) is 13.6 Å². The minimum atomic E-state index is 0.477. The third-order valence-corrected chi connectivity index (χ3v) is 3.00. The molecule has 1 unspecified atom stereocenters. The van der Waals surface area contributed by atoms with Crippen molar-refractivity contribution in [2.75, 3.05) is 32.1 Å². The Hall–Kier alpha value is -1.22. The summed E-state index contributed by atoms with van der Waals surface area (Å²) in [6, 6.07) is 4.26. The molecule has 0 aliphatic carbocycles. The average molecular weight is 236 g/mol. The van der Waals surface area contributed by atoms with Gasteiger partial charge < -0.3 is 15.4 Å². The highest BCUT2D eigenvalue weighted by molar-refractivity contribution is 5.64. The first-order valence-electron chi connectivity index (χ1n) is 6.06. The first-order chi connectivity index (χ1) is 7.99. The van der Waals surface area contributed by atoms with Gasteiger partial charge in [0.15, 0.2) is 0 Å². The van der Waals surface area contributed by atoms with E-state index in [1.165, 1.54) is 16.8 Å². The van der Waals surface area contributed by atoms with Crippen molar-refractivity contribution in [1.29, 1.82) is 0 Å². The standard InChI is InChI=1S/C14H24N2O/c1-10-6-12(3)14(13(7-10)17-5)16(4)9-11(2)8-15/h6-7,11H,8-9,15H2,1-5H3. The van der Waals surface area contributed by atoms with Crippen molar-refractivity contribution in [2.45, 2.75) is 20.8 Å². The number of ether oxygens (including phenoxy) is 1. The number of benzene rings is 1. The SMILES string of the molecule is COc1cc(C)cc(C)c1N(C)CC(C)CN. The minimum Gasteiger partial charge on any atom is -0.495 e. The van der Waals surface area contributed by atoms with Gasteiger partial charge in [-0.15, -0.1) is 0 Å². The molecular formula is C14H24N2O. The molecule has 0 saturated carbocycles. The van der Waals surface area contributed by atoms with Crippen LogP contribution in [-0.2, 0) is 0 Å². The van der Waals surface area contributed by atoms with Crippen LogP contribution in [0.3, 0.4) is 0 Å². The van der Waals surface area contributed by atoms with E-state index < -0.39 is 0 Å². The molecule has 3 nitrogen and oxygen atoms in total. The molecule has 17 heavy (non-hydrogen) atoms. The smallest absolute Gasteiger partial charge is 0.142 e. The zero-order chi connectivity index (χ0) is 13.0. The Morgan fingerprint density at radius 2 is 2.00 bits per heavy atom. The summed E-state index contributed by atoms with van der Waals surface area (Å²) in [5.41, 5.74) is 9.31. The van der Waals surface area contributed by atoms with Crippen molar-refractivity contribution in [1.82, 2.24) is 0 Å². The van der Waals surface area contributed by atoms with Crippen molar-refractivity contribution >= 4 is 5.69 Å². The molecule has 0 aliphatic heterocycles. The van der Waals surface area contributed by atoms with Crippen LogP contribution in [0.5, 0.6) is 5.75 Å². The number of rotatable bonds is 5. The third-order valence-electron chi connectivity index (χ3n) is 3.00. The lowest BCUT2D eigenvalue weighted by Crippen LogP contribution is -2.29. The zero-order valence-electron chi connectivity index (χ0n) is 11.6. The average Bonchev–Trinajstić information content (AvgIpc) is 2.27. The second-order valence-electron chi connectivity index (χ2n) is 4.85. The van der Waals surface area contributed by atoms with Gasteiger partial charge in [-0.25, -0.2) is 0 Å². The summed E-state index contributed by atoms with van der Waals surface area (Å²) in [7, 11) is 3.81. The summed E-state index contributed by atoms with van der Waals surface area (Å²) < 4.78 is 5.47. The molecule has 0 fully saturated rings. The van der Waals surface area contributed by atoms with E-state index in [-0.39, 0.29) is 0 Å². The van der Waals surface area contributed by atoms with E-state index in [1.54, 1.807) is 7.11 Å². The molecule has 1 rings (SSSR count). The molecule has 0 bridgehead atoms. The molecular weight excluding hydrogens is 212 g/mol. The van der Waals surface area contributed by atoms with E-state index in [4.69, 9.17) is 10.5 Å². The maximum absolute atomic E-state index is 5.67. The molecule has 0 spiro atoms. The predicted molar refractivity (Wildman–Crippen MR) is 74.0 cm³/mol. The Morgan fingerprint density at radius 1 is 1.35 bits per heavy atom. The van der Waals surface area contributed by atoms with Crippen LogP contribution >= 0.6 is 0 Å². The lowest BCUT2D eigenvalue weighted by Gasteiger charge is -2.26. The van der Waals surface area contributed by atoms with Gasteiger partial charge in [-0.3, -0.25) is 0 Å². The molecule has 0 heterocycles. The summed E-state index contributed by atoms with van der Waals surface area (Å²) in [4.78, 5) is 2.23. The van der Waals surface area contributed by atoms with Gasteiger partial charge >= 0.3 is 0 Å². The van der Waals surface area contributed by atoms with Gasteiger partial charge in [0.2, 0.25) is 0 Å². The van der Waals surface area contributed by atoms with Crippen molar-refractivity contribution in [3.63, 3.8) is 0 Å². The highest BCUT2D eigenvalue weighted by Crippen LogP contribution is 2.32. The Kier molecular flexibility index (Phi) is 4.82. The molecule has 1 atom stereocenters. The number of nitrogens with two attached hydrogens (primary N) is 1. The van der Waals surface area contributed by atoms with Gasteiger partial charge in [-0.1, -0.05) is 13.0 Å². The summed E-state index contributed by atoms with van der Waals surface area (Å²) in [5, 5.41) is 0. The number of hydrogen-bond acceptors (Lipinski definition) is 3. The fourth-order valence-electron chi connectivity index (χ4n) is 2.20. The molecule has 2 N–H and O–H groups in total. The maximum Gasteiger partial charge on any atom is 0.142 e. The van der Waals surface area contributed by atoms with Crippen LogP contribution in [0.15, 0.2) is 12.1 Å². The van der Waals surface area contributed by atoms with Crippen molar-refractivity contribution < 1.29 is 4.74 Å². The van der Waals surface area contributed by atoms with Gasteiger partial charge in [0.1, 0.15) is 5.75 Å². The molecule has 0 aromatic heterocycles. The van der Waals surface area contributed by atoms with E-state index in [2.05, 4.69) is 44.9 Å². The molecule has 1 aromatic carbocycles.